The van der Waals surface area contributed by atoms with Gasteiger partial charge in [0, 0.05) is 12.1 Å². The summed E-state index contributed by atoms with van der Waals surface area (Å²) in [5.74, 6) is 2.35. The number of ether oxygens (including phenoxy) is 1. The van der Waals surface area contributed by atoms with Crippen LogP contribution < -0.4 is 4.74 Å². The molecule has 0 aliphatic rings. The van der Waals surface area contributed by atoms with Crippen molar-refractivity contribution in [1.82, 2.24) is 4.90 Å². The summed E-state index contributed by atoms with van der Waals surface area (Å²) in [6, 6.07) is 7.56. The molecule has 0 unspecified atom stereocenters. The van der Waals surface area contributed by atoms with Crippen LogP contribution in [-0.4, -0.2) is 35.7 Å². The fourth-order valence-electron chi connectivity index (χ4n) is 1.66. The Morgan fingerprint density at radius 2 is 2.22 bits per heavy atom. The number of hydrogen-bond donors (Lipinski definition) is 1. The topological polar surface area (TPSA) is 49.8 Å². The first-order chi connectivity index (χ1) is 8.67. The molecule has 4 nitrogen and oxygen atoms in total. The van der Waals surface area contributed by atoms with E-state index in [1.54, 1.807) is 4.90 Å². The van der Waals surface area contributed by atoms with E-state index in [4.69, 9.17) is 16.3 Å². The highest BCUT2D eigenvalue weighted by Crippen LogP contribution is 2.19. The lowest BCUT2D eigenvalue weighted by atomic mass is 10.2. The minimum atomic E-state index is -0.890. The van der Waals surface area contributed by atoms with Crippen LogP contribution in [-0.2, 0) is 11.3 Å². The maximum absolute atomic E-state index is 10.7. The lowest BCUT2D eigenvalue weighted by Crippen LogP contribution is -2.29. The molecule has 0 heterocycles. The van der Waals surface area contributed by atoms with Crippen LogP contribution in [0.4, 0.5) is 0 Å². The summed E-state index contributed by atoms with van der Waals surface area (Å²) in [6.07, 6.45) is 5.24. The van der Waals surface area contributed by atoms with E-state index in [0.717, 1.165) is 11.3 Å². The number of carbonyl (C=O) groups is 1. The molecule has 0 atom stereocenters. The van der Waals surface area contributed by atoms with Gasteiger partial charge in [0.15, 0.2) is 0 Å². The van der Waals surface area contributed by atoms with Gasteiger partial charge in [-0.3, -0.25) is 9.69 Å². The molecule has 96 valence electrons. The predicted octanol–water partition coefficient (Wildman–Crippen LogP) is 1.61. The van der Waals surface area contributed by atoms with Crippen molar-refractivity contribution in [3.05, 3.63) is 29.8 Å². The Morgan fingerprint density at radius 3 is 2.83 bits per heavy atom. The van der Waals surface area contributed by atoms with E-state index in [1.807, 2.05) is 31.2 Å². The predicted molar refractivity (Wildman–Crippen MR) is 69.4 cm³/mol. The number of carboxylic acids is 1. The molecule has 0 aromatic heterocycles. The van der Waals surface area contributed by atoms with Crippen molar-refractivity contribution in [2.45, 2.75) is 13.5 Å². The fourth-order valence-corrected chi connectivity index (χ4v) is 1.66. The number of terminal acetylenes is 1. The standard InChI is InChI=1S/C14H17NO3/c1-3-9-15(11-14(16)17)10-12-7-5-6-8-13(12)18-4-2/h1,5-8H,4,9-11H2,2H3,(H,16,17). The highest BCUT2D eigenvalue weighted by atomic mass is 16.5. The summed E-state index contributed by atoms with van der Waals surface area (Å²) in [5.41, 5.74) is 0.941. The summed E-state index contributed by atoms with van der Waals surface area (Å²) < 4.78 is 5.50. The Bertz CT molecular complexity index is 437. The van der Waals surface area contributed by atoms with E-state index < -0.39 is 5.97 Å². The Labute approximate surface area is 107 Å². The molecule has 0 aliphatic carbocycles. The van der Waals surface area contributed by atoms with Crippen molar-refractivity contribution in [1.29, 1.82) is 0 Å². The third-order valence-electron chi connectivity index (χ3n) is 2.34. The summed E-state index contributed by atoms with van der Waals surface area (Å²) in [6.45, 7) is 3.17. The third-order valence-corrected chi connectivity index (χ3v) is 2.34. The van der Waals surface area contributed by atoms with Crippen molar-refractivity contribution >= 4 is 5.97 Å². The summed E-state index contributed by atoms with van der Waals surface area (Å²) in [7, 11) is 0. The van der Waals surface area contributed by atoms with Gasteiger partial charge in [-0.25, -0.2) is 0 Å². The SMILES string of the molecule is C#CCN(CC(=O)O)Cc1ccccc1OCC. The smallest absolute Gasteiger partial charge is 0.317 e. The van der Waals surface area contributed by atoms with E-state index in [9.17, 15) is 4.79 Å². The number of hydrogen-bond acceptors (Lipinski definition) is 3. The Morgan fingerprint density at radius 1 is 1.50 bits per heavy atom. The van der Waals surface area contributed by atoms with Crippen molar-refractivity contribution in [2.24, 2.45) is 0 Å². The zero-order valence-corrected chi connectivity index (χ0v) is 10.4. The molecule has 18 heavy (non-hydrogen) atoms. The van der Waals surface area contributed by atoms with Crippen molar-refractivity contribution < 1.29 is 14.6 Å². The van der Waals surface area contributed by atoms with Gasteiger partial charge in [0.25, 0.3) is 0 Å². The summed E-state index contributed by atoms with van der Waals surface area (Å²) >= 11 is 0. The first kappa shape index (κ1) is 14.1. The molecule has 1 aromatic rings. The van der Waals surface area contributed by atoms with Crippen molar-refractivity contribution in [3.8, 4) is 18.1 Å². The van der Waals surface area contributed by atoms with Gasteiger partial charge >= 0.3 is 5.97 Å². The second-order valence-electron chi connectivity index (χ2n) is 3.78. The quantitative estimate of drug-likeness (QED) is 0.744. The minimum absolute atomic E-state index is 0.0787. The van der Waals surface area contributed by atoms with E-state index in [2.05, 4.69) is 5.92 Å². The van der Waals surface area contributed by atoms with E-state index in [1.165, 1.54) is 0 Å². The molecule has 0 spiro atoms. The van der Waals surface area contributed by atoms with Gasteiger partial charge < -0.3 is 9.84 Å². The van der Waals surface area contributed by atoms with Gasteiger partial charge in [-0.1, -0.05) is 24.1 Å². The zero-order valence-electron chi connectivity index (χ0n) is 10.4. The Balaban J connectivity index is 2.79. The largest absolute Gasteiger partial charge is 0.494 e. The first-order valence-electron chi connectivity index (χ1n) is 5.75. The minimum Gasteiger partial charge on any atom is -0.494 e. The lowest BCUT2D eigenvalue weighted by Gasteiger charge is -2.19. The average Bonchev–Trinajstić information content (AvgIpc) is 2.31. The van der Waals surface area contributed by atoms with Gasteiger partial charge in [0.2, 0.25) is 0 Å². The molecule has 1 N–H and O–H groups in total. The molecule has 4 heteroatoms. The molecule has 0 saturated carbocycles. The number of para-hydroxylation sites is 1. The second-order valence-corrected chi connectivity index (χ2v) is 3.78. The molecular formula is C14H17NO3. The van der Waals surface area contributed by atoms with Crippen LogP contribution in [0.5, 0.6) is 5.75 Å². The van der Waals surface area contributed by atoms with E-state index in [0.29, 0.717) is 19.7 Å². The van der Waals surface area contributed by atoms with Gasteiger partial charge in [0.05, 0.1) is 19.7 Å². The molecule has 1 rings (SSSR count). The van der Waals surface area contributed by atoms with Crippen LogP contribution in [0.2, 0.25) is 0 Å². The molecule has 0 aliphatic heterocycles. The molecule has 1 aromatic carbocycles. The van der Waals surface area contributed by atoms with Crippen LogP contribution in [0.1, 0.15) is 12.5 Å². The van der Waals surface area contributed by atoms with Crippen molar-refractivity contribution in [3.63, 3.8) is 0 Å². The summed E-state index contributed by atoms with van der Waals surface area (Å²) in [4.78, 5) is 12.4. The van der Waals surface area contributed by atoms with Gasteiger partial charge in [-0.2, -0.15) is 0 Å². The average molecular weight is 247 g/mol. The molecule has 0 amide bonds. The van der Waals surface area contributed by atoms with Crippen LogP contribution in [0.15, 0.2) is 24.3 Å². The van der Waals surface area contributed by atoms with Gasteiger partial charge in [-0.15, -0.1) is 6.42 Å². The number of rotatable bonds is 7. The first-order valence-corrected chi connectivity index (χ1v) is 5.75. The Hall–Kier alpha value is -1.99. The van der Waals surface area contributed by atoms with Gasteiger partial charge in [0.1, 0.15) is 5.75 Å². The van der Waals surface area contributed by atoms with E-state index in [-0.39, 0.29) is 6.54 Å². The maximum atomic E-state index is 10.7. The highest BCUT2D eigenvalue weighted by molar-refractivity contribution is 5.69. The van der Waals surface area contributed by atoms with E-state index >= 15 is 0 Å². The summed E-state index contributed by atoms with van der Waals surface area (Å²) in [5, 5.41) is 8.82. The molecule has 0 bridgehead atoms. The number of benzene rings is 1. The Kier molecular flexibility index (Phi) is 5.75. The number of carboxylic acid groups (broad SMARTS) is 1. The van der Waals surface area contributed by atoms with Crippen molar-refractivity contribution in [2.75, 3.05) is 19.7 Å². The van der Waals surface area contributed by atoms with Gasteiger partial charge in [-0.05, 0) is 13.0 Å². The number of aliphatic carboxylic acids is 1. The zero-order chi connectivity index (χ0) is 13.4. The van der Waals surface area contributed by atoms with Crippen LogP contribution >= 0.6 is 0 Å². The molecular weight excluding hydrogens is 230 g/mol. The highest BCUT2D eigenvalue weighted by Gasteiger charge is 2.11. The molecule has 0 fully saturated rings. The lowest BCUT2D eigenvalue weighted by molar-refractivity contribution is -0.138. The monoisotopic (exact) mass is 247 g/mol. The van der Waals surface area contributed by atoms with Crippen LogP contribution in [0.25, 0.3) is 0 Å². The van der Waals surface area contributed by atoms with Crippen LogP contribution in [0, 0.1) is 12.3 Å². The normalized spacial score (nSPS) is 10.1. The second kappa shape index (κ2) is 7.36. The molecule has 0 radical (unpaired) electrons. The fraction of sp³-hybridized carbons (Fsp3) is 0.357. The number of nitrogens with zero attached hydrogens (tertiary/aromatic N) is 1. The third kappa shape index (κ3) is 4.48. The molecule has 0 saturated heterocycles. The van der Waals surface area contributed by atoms with Crippen LogP contribution in [0.3, 0.4) is 0 Å². The maximum Gasteiger partial charge on any atom is 0.317 e.